The molecule has 13 heteroatoms. The molecule has 0 fully saturated rings. The largest absolute Gasteiger partial charge is 0.480 e. The number of sulfonamides is 2. The summed E-state index contributed by atoms with van der Waals surface area (Å²) in [6.07, 6.45) is 10.7. The van der Waals surface area contributed by atoms with Crippen molar-refractivity contribution in [2.75, 3.05) is 6.26 Å². The van der Waals surface area contributed by atoms with E-state index in [1.807, 2.05) is 29.2 Å². The summed E-state index contributed by atoms with van der Waals surface area (Å²) in [6.45, 7) is 3.26. The van der Waals surface area contributed by atoms with Gasteiger partial charge in [-0.2, -0.15) is 13.2 Å². The predicted octanol–water partition coefficient (Wildman–Crippen LogP) is 3.30. The Hall–Kier alpha value is -1.99. The third kappa shape index (κ3) is 9.67. The van der Waals surface area contributed by atoms with E-state index in [-0.39, 0.29) is 6.26 Å². The molecule has 0 atom stereocenters. The minimum Gasteiger partial charge on any atom is -0.429 e. The molecule has 0 N–H and O–H groups in total. The van der Waals surface area contributed by atoms with E-state index < -0.39 is 25.6 Å². The Morgan fingerprint density at radius 1 is 1.03 bits per heavy atom. The summed E-state index contributed by atoms with van der Waals surface area (Å²) in [6, 6.07) is 10.3. The molecule has 170 valence electrons. The number of aromatic nitrogens is 3. The number of nitrogens with zero attached hydrogens (tertiary/aromatic N) is 4. The summed E-state index contributed by atoms with van der Waals surface area (Å²) in [4.78, 5) is 0. The van der Waals surface area contributed by atoms with Gasteiger partial charge < -0.3 is 4.13 Å². The van der Waals surface area contributed by atoms with Gasteiger partial charge in [-0.05, 0) is 18.6 Å². The quantitative estimate of drug-likeness (QED) is 0.413. The molecule has 0 aliphatic rings. The van der Waals surface area contributed by atoms with Crippen LogP contribution in [0.5, 0.6) is 0 Å². The maximum absolute atomic E-state index is 11.4. The molecule has 0 spiro atoms. The van der Waals surface area contributed by atoms with Crippen LogP contribution < -0.4 is 4.57 Å². The van der Waals surface area contributed by atoms with Gasteiger partial charge in [0.25, 0.3) is 6.33 Å². The van der Waals surface area contributed by atoms with E-state index in [2.05, 4.69) is 35.0 Å². The smallest absolute Gasteiger partial charge is 0.429 e. The highest BCUT2D eigenvalue weighted by Gasteiger charge is 2.39. The van der Waals surface area contributed by atoms with Crippen LogP contribution in [-0.4, -0.2) is 38.4 Å². The van der Waals surface area contributed by atoms with Gasteiger partial charge in [-0.15, -0.1) is 4.68 Å². The molecule has 0 saturated carbocycles. The zero-order chi connectivity index (χ0) is 22.8. The average molecular weight is 471 g/mol. The Kier molecular flexibility index (Phi) is 9.91. The van der Waals surface area contributed by atoms with Gasteiger partial charge in [-0.1, -0.05) is 50.8 Å². The number of hydrogen-bond donors (Lipinski definition) is 0. The van der Waals surface area contributed by atoms with Crippen LogP contribution in [0, 0.1) is 0 Å². The van der Waals surface area contributed by atoms with Gasteiger partial charge in [-0.3, -0.25) is 0 Å². The topological polar surface area (TPSA) is 104 Å². The van der Waals surface area contributed by atoms with Crippen LogP contribution in [0.15, 0.2) is 43.0 Å². The molecule has 0 saturated heterocycles. The van der Waals surface area contributed by atoms with Crippen LogP contribution in [0.3, 0.4) is 0 Å². The molecule has 0 amide bonds. The first kappa shape index (κ1) is 26.0. The van der Waals surface area contributed by atoms with E-state index in [4.69, 9.17) is 0 Å². The van der Waals surface area contributed by atoms with Gasteiger partial charge >= 0.3 is 5.51 Å². The molecule has 8 nitrogen and oxygen atoms in total. The predicted molar refractivity (Wildman–Crippen MR) is 106 cm³/mol. The summed E-state index contributed by atoms with van der Waals surface area (Å²) in [7, 11) is -10.5. The molecular formula is C17H25F3N4O4S2. The minimum absolute atomic E-state index is 0.246. The second-order valence-corrected chi connectivity index (χ2v) is 9.87. The fourth-order valence-corrected chi connectivity index (χ4v) is 4.04. The van der Waals surface area contributed by atoms with Gasteiger partial charge in [-0.25, -0.2) is 21.4 Å². The highest BCUT2D eigenvalue weighted by atomic mass is 32.3. The minimum atomic E-state index is -5.92. The number of alkyl halides is 3. The zero-order valence-electron chi connectivity index (χ0n) is 16.7. The van der Waals surface area contributed by atoms with E-state index >= 15 is 0 Å². The number of benzene rings is 1. The van der Waals surface area contributed by atoms with Crippen LogP contribution in [0.1, 0.15) is 39.0 Å². The third-order valence-electron chi connectivity index (χ3n) is 3.65. The molecule has 0 aliphatic carbocycles. The summed E-state index contributed by atoms with van der Waals surface area (Å²) in [5, 5.41) is 4.39. The van der Waals surface area contributed by atoms with Crippen molar-refractivity contribution in [3.63, 3.8) is 0 Å². The van der Waals surface area contributed by atoms with Crippen LogP contribution >= 0.6 is 0 Å². The summed E-state index contributed by atoms with van der Waals surface area (Å²) < 4.78 is 80.1. The highest BCUT2D eigenvalue weighted by Crippen LogP contribution is 2.29. The summed E-state index contributed by atoms with van der Waals surface area (Å²) >= 11 is 0. The Morgan fingerprint density at radius 2 is 1.63 bits per heavy atom. The van der Waals surface area contributed by atoms with Gasteiger partial charge in [0.2, 0.25) is 6.33 Å². The maximum atomic E-state index is 11.4. The van der Waals surface area contributed by atoms with Crippen molar-refractivity contribution >= 4 is 20.0 Å². The van der Waals surface area contributed by atoms with Crippen LogP contribution in [0.2, 0.25) is 0 Å². The lowest BCUT2D eigenvalue weighted by molar-refractivity contribution is -0.596. The number of para-hydroxylation sites is 1. The first-order valence-corrected chi connectivity index (χ1v) is 12.4. The SMILES string of the molecule is CCCCCCCn1c[n+](-c2ccccc2)cn1.CS(=O)(=O)[N-]S(=O)(=O)C(F)(F)F. The number of aryl methyl sites for hydroxylation is 1. The molecule has 1 aromatic carbocycles. The second kappa shape index (κ2) is 11.4. The van der Waals surface area contributed by atoms with Crippen LogP contribution in [0.4, 0.5) is 13.2 Å². The van der Waals surface area contributed by atoms with Gasteiger partial charge in [0.15, 0.2) is 10.0 Å². The van der Waals surface area contributed by atoms with Crippen LogP contribution in [-0.2, 0) is 26.6 Å². The molecule has 2 aromatic rings. The first-order valence-electron chi connectivity index (χ1n) is 9.10. The van der Waals surface area contributed by atoms with Crippen molar-refractivity contribution in [1.29, 1.82) is 0 Å². The van der Waals surface area contributed by atoms with Crippen molar-refractivity contribution in [1.82, 2.24) is 9.78 Å². The molecule has 0 unspecified atom stereocenters. The lowest BCUT2D eigenvalue weighted by Gasteiger charge is -2.19. The summed E-state index contributed by atoms with van der Waals surface area (Å²) in [5.41, 5.74) is -4.51. The Balaban J connectivity index is 0.000000329. The molecule has 0 bridgehead atoms. The van der Waals surface area contributed by atoms with Crippen molar-refractivity contribution in [2.24, 2.45) is 0 Å². The number of hydrogen-bond acceptors (Lipinski definition) is 5. The molecular weight excluding hydrogens is 445 g/mol. The van der Waals surface area contributed by atoms with Crippen LogP contribution in [0.25, 0.3) is 9.81 Å². The Labute approximate surface area is 174 Å². The molecule has 2 rings (SSSR count). The fourth-order valence-electron chi connectivity index (χ4n) is 2.27. The van der Waals surface area contributed by atoms with Gasteiger partial charge in [0.05, 0.1) is 10.0 Å². The first-order chi connectivity index (χ1) is 13.9. The zero-order valence-corrected chi connectivity index (χ0v) is 18.3. The van der Waals surface area contributed by atoms with Crippen molar-refractivity contribution in [3.05, 3.63) is 47.1 Å². The van der Waals surface area contributed by atoms with E-state index in [1.54, 1.807) is 4.13 Å². The number of halogens is 3. The van der Waals surface area contributed by atoms with Crippen molar-refractivity contribution in [2.45, 2.75) is 51.1 Å². The van der Waals surface area contributed by atoms with E-state index in [9.17, 15) is 30.0 Å². The molecule has 0 radical (unpaired) electrons. The number of rotatable bonds is 9. The normalized spacial score (nSPS) is 12.3. The van der Waals surface area contributed by atoms with Gasteiger partial charge in [0, 0.05) is 11.4 Å². The lowest BCUT2D eigenvalue weighted by Crippen LogP contribution is -2.27. The maximum Gasteiger partial charge on any atom is 0.480 e. The third-order valence-corrected chi connectivity index (χ3v) is 6.11. The summed E-state index contributed by atoms with van der Waals surface area (Å²) in [5.74, 6) is 0. The lowest BCUT2D eigenvalue weighted by atomic mass is 10.1. The Bertz CT molecular complexity index is 976. The average Bonchev–Trinajstić information content (AvgIpc) is 3.09. The van der Waals surface area contributed by atoms with E-state index in [1.165, 1.54) is 32.1 Å². The molecule has 1 aromatic heterocycles. The fraction of sp³-hybridized carbons (Fsp3) is 0.529. The highest BCUT2D eigenvalue weighted by molar-refractivity contribution is 8.12. The molecule has 1 heterocycles. The van der Waals surface area contributed by atoms with Crippen molar-refractivity contribution < 1.29 is 34.6 Å². The molecule has 0 aliphatic heterocycles. The van der Waals surface area contributed by atoms with Gasteiger partial charge in [0.1, 0.15) is 12.2 Å². The second-order valence-electron chi connectivity index (χ2n) is 6.39. The monoisotopic (exact) mass is 470 g/mol. The standard InChI is InChI=1S/C15H22N3.C2H3F3NO4S2/c1-2-3-4-5-9-12-18-14-17(13-16-18)15-10-7-6-8-11-15;1-11(7,8)6-12(9,10)2(3,4)5/h6-8,10-11,13-14H,2-5,9,12H2,1H3;1H3/q+1;-1. The van der Waals surface area contributed by atoms with E-state index in [0.717, 1.165) is 12.2 Å². The number of unbranched alkanes of at least 4 members (excludes halogenated alkanes) is 4. The van der Waals surface area contributed by atoms with Crippen molar-refractivity contribution in [3.8, 4) is 5.69 Å². The molecule has 30 heavy (non-hydrogen) atoms. The van der Waals surface area contributed by atoms with E-state index in [0.29, 0.717) is 0 Å². The Morgan fingerprint density at radius 3 is 2.13 bits per heavy atom.